The fourth-order valence-electron chi connectivity index (χ4n) is 1.78. The number of aromatic nitrogens is 2. The highest BCUT2D eigenvalue weighted by atomic mass is 79.9. The van der Waals surface area contributed by atoms with Gasteiger partial charge in [-0.2, -0.15) is 0 Å². The SMILES string of the molecule is CC(C)Cc1nc(-c2cccc(Cl)c2F)nc(Cl)c1Br. The fraction of sp³-hybridized carbons (Fsp3) is 0.286. The first-order valence-corrected chi connectivity index (χ1v) is 7.61. The Morgan fingerprint density at radius 1 is 1.25 bits per heavy atom. The normalized spacial score (nSPS) is 11.2. The predicted molar refractivity (Wildman–Crippen MR) is 83.7 cm³/mol. The maximum Gasteiger partial charge on any atom is 0.164 e. The van der Waals surface area contributed by atoms with E-state index in [1.54, 1.807) is 12.1 Å². The largest absolute Gasteiger partial charge is 0.232 e. The Morgan fingerprint density at radius 3 is 2.60 bits per heavy atom. The molecule has 1 heterocycles. The summed E-state index contributed by atoms with van der Waals surface area (Å²) in [5.74, 6) is 0.103. The van der Waals surface area contributed by atoms with Gasteiger partial charge < -0.3 is 0 Å². The molecule has 20 heavy (non-hydrogen) atoms. The van der Waals surface area contributed by atoms with Crippen LogP contribution in [0.15, 0.2) is 22.7 Å². The summed E-state index contributed by atoms with van der Waals surface area (Å²) in [5, 5.41) is 0.306. The number of nitrogens with zero attached hydrogens (tertiary/aromatic N) is 2. The van der Waals surface area contributed by atoms with Gasteiger partial charge in [-0.25, -0.2) is 14.4 Å². The molecule has 1 aromatic heterocycles. The number of rotatable bonds is 3. The van der Waals surface area contributed by atoms with E-state index >= 15 is 0 Å². The number of hydrogen-bond acceptors (Lipinski definition) is 2. The van der Waals surface area contributed by atoms with Crippen molar-refractivity contribution >= 4 is 39.1 Å². The van der Waals surface area contributed by atoms with E-state index in [2.05, 4.69) is 39.7 Å². The molecule has 0 radical (unpaired) electrons. The summed E-state index contributed by atoms with van der Waals surface area (Å²) in [7, 11) is 0. The van der Waals surface area contributed by atoms with Gasteiger partial charge in [0.25, 0.3) is 0 Å². The van der Waals surface area contributed by atoms with E-state index in [0.29, 0.717) is 10.4 Å². The molecule has 0 atom stereocenters. The Kier molecular flexibility index (Phi) is 4.99. The Bertz CT molecular complexity index is 647. The summed E-state index contributed by atoms with van der Waals surface area (Å²) in [5.41, 5.74) is 1.01. The van der Waals surface area contributed by atoms with E-state index in [0.717, 1.165) is 12.1 Å². The molecule has 0 unspecified atom stereocenters. The van der Waals surface area contributed by atoms with Gasteiger partial charge in [-0.3, -0.25) is 0 Å². The third-order valence-corrected chi connectivity index (χ3v) is 4.30. The predicted octanol–water partition coefficient (Wildman–Crippen LogP) is 5.55. The van der Waals surface area contributed by atoms with Gasteiger partial charge in [0.15, 0.2) is 11.6 Å². The average Bonchev–Trinajstić information content (AvgIpc) is 2.37. The van der Waals surface area contributed by atoms with Crippen molar-refractivity contribution in [3.05, 3.63) is 44.4 Å². The van der Waals surface area contributed by atoms with Crippen molar-refractivity contribution in [2.75, 3.05) is 0 Å². The van der Waals surface area contributed by atoms with Gasteiger partial charge in [0.1, 0.15) is 5.15 Å². The summed E-state index contributed by atoms with van der Waals surface area (Å²) >= 11 is 15.2. The zero-order valence-electron chi connectivity index (χ0n) is 10.9. The zero-order chi connectivity index (χ0) is 14.9. The second-order valence-electron chi connectivity index (χ2n) is 4.80. The van der Waals surface area contributed by atoms with Gasteiger partial charge in [-0.1, -0.05) is 43.1 Å². The van der Waals surface area contributed by atoms with Crippen molar-refractivity contribution in [3.63, 3.8) is 0 Å². The molecule has 0 aliphatic heterocycles. The van der Waals surface area contributed by atoms with Crippen LogP contribution in [0.3, 0.4) is 0 Å². The van der Waals surface area contributed by atoms with Crippen LogP contribution in [0.5, 0.6) is 0 Å². The van der Waals surface area contributed by atoms with Crippen LogP contribution < -0.4 is 0 Å². The Balaban J connectivity index is 2.57. The van der Waals surface area contributed by atoms with Crippen molar-refractivity contribution in [2.45, 2.75) is 20.3 Å². The van der Waals surface area contributed by atoms with Crippen molar-refractivity contribution in [3.8, 4) is 11.4 Å². The van der Waals surface area contributed by atoms with Crippen LogP contribution in [0.2, 0.25) is 10.2 Å². The molecule has 0 aliphatic carbocycles. The highest BCUT2D eigenvalue weighted by molar-refractivity contribution is 9.10. The summed E-state index contributed by atoms with van der Waals surface area (Å²) in [4.78, 5) is 8.53. The van der Waals surface area contributed by atoms with Crippen LogP contribution in [0.4, 0.5) is 4.39 Å². The number of benzene rings is 1. The molecule has 2 aromatic rings. The molecule has 0 saturated carbocycles. The van der Waals surface area contributed by atoms with Crippen LogP contribution in [-0.2, 0) is 6.42 Å². The maximum absolute atomic E-state index is 14.0. The van der Waals surface area contributed by atoms with Crippen molar-refractivity contribution in [1.29, 1.82) is 0 Å². The zero-order valence-corrected chi connectivity index (χ0v) is 14.0. The van der Waals surface area contributed by atoms with E-state index in [-0.39, 0.29) is 21.6 Å². The summed E-state index contributed by atoms with van der Waals surface area (Å²) < 4.78 is 14.7. The highest BCUT2D eigenvalue weighted by Crippen LogP contribution is 2.31. The molecule has 0 amide bonds. The molecular formula is C14H12BrCl2FN2. The lowest BCUT2D eigenvalue weighted by Crippen LogP contribution is -2.03. The molecule has 0 saturated heterocycles. The standard InChI is InChI=1S/C14H12BrCl2FN2/c1-7(2)6-10-11(15)13(17)20-14(19-10)8-4-3-5-9(16)12(8)18/h3-5,7H,6H2,1-2H3. The second kappa shape index (κ2) is 6.37. The quantitative estimate of drug-likeness (QED) is 0.655. The molecule has 6 heteroatoms. The van der Waals surface area contributed by atoms with E-state index in [4.69, 9.17) is 23.2 Å². The smallest absolute Gasteiger partial charge is 0.164 e. The molecule has 0 N–H and O–H groups in total. The molecule has 2 rings (SSSR count). The van der Waals surface area contributed by atoms with E-state index in [1.165, 1.54) is 6.07 Å². The van der Waals surface area contributed by atoms with E-state index < -0.39 is 5.82 Å². The Labute approximate surface area is 135 Å². The molecule has 2 nitrogen and oxygen atoms in total. The second-order valence-corrected chi connectivity index (χ2v) is 6.36. The molecular weight excluding hydrogens is 366 g/mol. The molecule has 0 bridgehead atoms. The summed E-state index contributed by atoms with van der Waals surface area (Å²) in [6.07, 6.45) is 0.720. The first-order chi connectivity index (χ1) is 9.40. The third kappa shape index (κ3) is 3.30. The third-order valence-electron chi connectivity index (χ3n) is 2.67. The minimum Gasteiger partial charge on any atom is -0.232 e. The van der Waals surface area contributed by atoms with Crippen LogP contribution in [0.1, 0.15) is 19.5 Å². The molecule has 106 valence electrons. The van der Waals surface area contributed by atoms with Crippen LogP contribution in [0, 0.1) is 11.7 Å². The van der Waals surface area contributed by atoms with Crippen LogP contribution in [0.25, 0.3) is 11.4 Å². The Hall–Kier alpha value is -0.710. The number of halogens is 4. The summed E-state index contributed by atoms with van der Waals surface area (Å²) in [6, 6.07) is 4.72. The van der Waals surface area contributed by atoms with Crippen LogP contribution >= 0.6 is 39.1 Å². The molecule has 0 fully saturated rings. The average molecular weight is 378 g/mol. The van der Waals surface area contributed by atoms with Gasteiger partial charge in [0.2, 0.25) is 0 Å². The lowest BCUT2D eigenvalue weighted by atomic mass is 10.1. The van der Waals surface area contributed by atoms with Gasteiger partial charge in [0, 0.05) is 0 Å². The highest BCUT2D eigenvalue weighted by Gasteiger charge is 2.16. The van der Waals surface area contributed by atoms with E-state index in [9.17, 15) is 4.39 Å². The van der Waals surface area contributed by atoms with Gasteiger partial charge in [-0.15, -0.1) is 0 Å². The van der Waals surface area contributed by atoms with Gasteiger partial charge in [0.05, 0.1) is 20.8 Å². The lowest BCUT2D eigenvalue weighted by molar-refractivity contribution is 0.625. The first kappa shape index (κ1) is 15.7. The first-order valence-electron chi connectivity index (χ1n) is 6.06. The fourth-order valence-corrected chi connectivity index (χ4v) is 2.48. The van der Waals surface area contributed by atoms with Crippen molar-refractivity contribution < 1.29 is 4.39 Å². The topological polar surface area (TPSA) is 25.8 Å². The van der Waals surface area contributed by atoms with Crippen molar-refractivity contribution in [2.24, 2.45) is 5.92 Å². The molecule has 0 aliphatic rings. The van der Waals surface area contributed by atoms with Gasteiger partial charge >= 0.3 is 0 Å². The van der Waals surface area contributed by atoms with Crippen LogP contribution in [-0.4, -0.2) is 9.97 Å². The van der Waals surface area contributed by atoms with E-state index in [1.807, 2.05) is 0 Å². The van der Waals surface area contributed by atoms with Crippen molar-refractivity contribution in [1.82, 2.24) is 9.97 Å². The molecule has 1 aromatic carbocycles. The maximum atomic E-state index is 14.0. The monoisotopic (exact) mass is 376 g/mol. The lowest BCUT2D eigenvalue weighted by Gasteiger charge is -2.11. The van der Waals surface area contributed by atoms with Gasteiger partial charge in [-0.05, 0) is 40.4 Å². The minimum atomic E-state index is -0.539. The molecule has 0 spiro atoms. The summed E-state index contributed by atoms with van der Waals surface area (Å²) in [6.45, 7) is 4.14. The Morgan fingerprint density at radius 2 is 1.95 bits per heavy atom. The minimum absolute atomic E-state index is 0.0375. The number of hydrogen-bond donors (Lipinski definition) is 0.